The molecule has 0 atom stereocenters. The smallest absolute Gasteiger partial charge is 0.203 e. The van der Waals surface area contributed by atoms with Gasteiger partial charge in [-0.1, -0.05) is 22.9 Å². The number of likely N-dealkylation sites (N-methyl/N-ethyl adjacent to an activating group) is 1. The van der Waals surface area contributed by atoms with Gasteiger partial charge in [0.2, 0.25) is 5.65 Å². The number of nitrogens with zero attached hydrogens (tertiary/aromatic N) is 7. The number of benzene rings is 1. The molecule has 10 heteroatoms. The molecule has 0 amide bonds. The lowest BCUT2D eigenvalue weighted by molar-refractivity contribution is 0.419. The van der Waals surface area contributed by atoms with Crippen LogP contribution >= 0.6 is 22.9 Å². The van der Waals surface area contributed by atoms with E-state index in [4.69, 9.17) is 21.3 Å². The van der Waals surface area contributed by atoms with Crippen LogP contribution in [0.1, 0.15) is 0 Å². The molecule has 0 spiro atoms. The van der Waals surface area contributed by atoms with Gasteiger partial charge in [0.05, 0.1) is 22.9 Å². The summed E-state index contributed by atoms with van der Waals surface area (Å²) in [5, 5.41) is 9.74. The monoisotopic (exact) mass is 401 g/mol. The fourth-order valence-electron chi connectivity index (χ4n) is 3.25. The summed E-state index contributed by atoms with van der Waals surface area (Å²) < 4.78 is 8.24. The van der Waals surface area contributed by atoms with E-state index in [2.05, 4.69) is 32.0 Å². The Labute approximate surface area is 164 Å². The van der Waals surface area contributed by atoms with Gasteiger partial charge in [-0.2, -0.15) is 0 Å². The standard InChI is InChI=1S/C17H16ClN7OS/c1-23(17-21-13-12(26-2)4-3-11(18)14(13)27-17)10-7-25(8-10)15-16-22-20-9-24(16)6-5-19-15/h3-6,9-10H,7-8H2,1-2H3. The third-order valence-corrected chi connectivity index (χ3v) is 6.48. The maximum absolute atomic E-state index is 6.34. The summed E-state index contributed by atoms with van der Waals surface area (Å²) in [4.78, 5) is 13.6. The SMILES string of the molecule is COc1ccc(Cl)c2sc(N(C)C3CN(c4nccn5cnnc45)C3)nc12. The molecule has 138 valence electrons. The number of hydrogen-bond donors (Lipinski definition) is 0. The average Bonchev–Trinajstić information content (AvgIpc) is 3.28. The van der Waals surface area contributed by atoms with Crippen molar-refractivity contribution < 1.29 is 4.74 Å². The van der Waals surface area contributed by atoms with Crippen LogP contribution in [0.5, 0.6) is 5.75 Å². The van der Waals surface area contributed by atoms with E-state index in [1.54, 1.807) is 31.0 Å². The zero-order valence-electron chi connectivity index (χ0n) is 14.7. The first-order valence-corrected chi connectivity index (χ1v) is 9.60. The number of fused-ring (bicyclic) bond motifs is 2. The zero-order valence-corrected chi connectivity index (χ0v) is 16.3. The van der Waals surface area contributed by atoms with Gasteiger partial charge in [-0.25, -0.2) is 9.97 Å². The lowest BCUT2D eigenvalue weighted by atomic mass is 10.1. The Morgan fingerprint density at radius 3 is 3.00 bits per heavy atom. The number of methoxy groups -OCH3 is 1. The lowest BCUT2D eigenvalue weighted by Crippen LogP contribution is -2.59. The second-order valence-corrected chi connectivity index (χ2v) is 7.79. The van der Waals surface area contributed by atoms with Crippen molar-refractivity contribution in [3.05, 3.63) is 35.9 Å². The Kier molecular flexibility index (Phi) is 3.80. The Balaban J connectivity index is 1.39. The van der Waals surface area contributed by atoms with Gasteiger partial charge in [-0.15, -0.1) is 10.2 Å². The van der Waals surface area contributed by atoms with Crippen molar-refractivity contribution in [2.75, 3.05) is 37.0 Å². The van der Waals surface area contributed by atoms with Crippen LogP contribution in [0.25, 0.3) is 15.9 Å². The molecule has 8 nitrogen and oxygen atoms in total. The fraction of sp³-hybridized carbons (Fsp3) is 0.294. The van der Waals surface area contributed by atoms with Gasteiger partial charge < -0.3 is 14.5 Å². The van der Waals surface area contributed by atoms with Gasteiger partial charge >= 0.3 is 0 Å². The quantitative estimate of drug-likeness (QED) is 0.520. The van der Waals surface area contributed by atoms with Crippen LogP contribution in [-0.2, 0) is 0 Å². The van der Waals surface area contributed by atoms with Crippen LogP contribution in [-0.4, -0.2) is 57.9 Å². The van der Waals surface area contributed by atoms with E-state index in [0.29, 0.717) is 11.1 Å². The summed E-state index contributed by atoms with van der Waals surface area (Å²) in [5.41, 5.74) is 1.58. The average molecular weight is 402 g/mol. The van der Waals surface area contributed by atoms with E-state index in [-0.39, 0.29) is 0 Å². The molecule has 0 N–H and O–H groups in total. The third-order valence-electron chi connectivity index (χ3n) is 4.88. The van der Waals surface area contributed by atoms with Gasteiger partial charge in [-0.05, 0) is 12.1 Å². The van der Waals surface area contributed by atoms with Crippen molar-refractivity contribution in [3.8, 4) is 5.75 Å². The maximum Gasteiger partial charge on any atom is 0.203 e. The fourth-order valence-corrected chi connectivity index (χ4v) is 4.54. The van der Waals surface area contributed by atoms with Gasteiger partial charge in [-0.3, -0.25) is 4.40 Å². The minimum absolute atomic E-state index is 0.334. The summed E-state index contributed by atoms with van der Waals surface area (Å²) in [6, 6.07) is 4.03. The normalized spacial score (nSPS) is 14.7. The summed E-state index contributed by atoms with van der Waals surface area (Å²) in [5.74, 6) is 1.59. The molecule has 1 fully saturated rings. The zero-order chi connectivity index (χ0) is 18.5. The van der Waals surface area contributed by atoms with Gasteiger partial charge in [0.1, 0.15) is 17.6 Å². The predicted molar refractivity (Wildman–Crippen MR) is 106 cm³/mol. The highest BCUT2D eigenvalue weighted by Gasteiger charge is 2.34. The summed E-state index contributed by atoms with van der Waals surface area (Å²) >= 11 is 7.93. The maximum atomic E-state index is 6.34. The van der Waals surface area contributed by atoms with Crippen molar-refractivity contribution in [1.29, 1.82) is 0 Å². The second-order valence-electron chi connectivity index (χ2n) is 6.41. The molecule has 1 aliphatic heterocycles. The molecule has 4 aromatic rings. The van der Waals surface area contributed by atoms with Gasteiger partial charge in [0.15, 0.2) is 10.9 Å². The van der Waals surface area contributed by atoms with E-state index in [1.165, 1.54) is 0 Å². The minimum atomic E-state index is 0.334. The van der Waals surface area contributed by atoms with Crippen LogP contribution < -0.4 is 14.5 Å². The second kappa shape index (κ2) is 6.21. The Morgan fingerprint density at radius 1 is 1.33 bits per heavy atom. The molecular formula is C17H16ClN7OS. The largest absolute Gasteiger partial charge is 0.494 e. The number of ether oxygens (including phenoxy) is 1. The first-order chi connectivity index (χ1) is 13.2. The number of aromatic nitrogens is 5. The first-order valence-electron chi connectivity index (χ1n) is 8.41. The molecule has 0 bridgehead atoms. The number of thiazole rings is 1. The highest BCUT2D eigenvalue weighted by atomic mass is 35.5. The van der Waals surface area contributed by atoms with E-state index in [1.807, 2.05) is 22.7 Å². The molecule has 5 rings (SSSR count). The summed E-state index contributed by atoms with van der Waals surface area (Å²) in [6.45, 7) is 1.69. The summed E-state index contributed by atoms with van der Waals surface area (Å²) in [7, 11) is 3.71. The molecule has 1 aromatic carbocycles. The molecule has 4 heterocycles. The van der Waals surface area contributed by atoms with Gasteiger partial charge in [0.25, 0.3) is 0 Å². The topological polar surface area (TPSA) is 71.7 Å². The molecule has 3 aromatic heterocycles. The number of hydrogen-bond acceptors (Lipinski definition) is 8. The van der Waals surface area contributed by atoms with Crippen LogP contribution in [0.4, 0.5) is 10.9 Å². The molecule has 0 radical (unpaired) electrons. The molecule has 1 aliphatic rings. The lowest BCUT2D eigenvalue weighted by Gasteiger charge is -2.44. The van der Waals surface area contributed by atoms with Crippen molar-refractivity contribution >= 4 is 49.8 Å². The highest BCUT2D eigenvalue weighted by Crippen LogP contribution is 2.39. The van der Waals surface area contributed by atoms with Gasteiger partial charge in [0, 0.05) is 32.5 Å². The van der Waals surface area contributed by atoms with E-state index >= 15 is 0 Å². The molecule has 0 unspecified atom stereocenters. The van der Waals surface area contributed by atoms with Crippen LogP contribution in [0, 0.1) is 0 Å². The van der Waals surface area contributed by atoms with E-state index < -0.39 is 0 Å². The Morgan fingerprint density at radius 2 is 2.19 bits per heavy atom. The molecule has 0 aliphatic carbocycles. The molecule has 0 saturated carbocycles. The minimum Gasteiger partial charge on any atom is -0.494 e. The predicted octanol–water partition coefficient (Wildman–Crippen LogP) is 2.72. The summed E-state index contributed by atoms with van der Waals surface area (Å²) in [6.07, 6.45) is 5.30. The highest BCUT2D eigenvalue weighted by molar-refractivity contribution is 7.22. The van der Waals surface area contributed by atoms with E-state index in [9.17, 15) is 0 Å². The van der Waals surface area contributed by atoms with Crippen LogP contribution in [0.15, 0.2) is 30.9 Å². The van der Waals surface area contributed by atoms with Crippen LogP contribution in [0.2, 0.25) is 5.02 Å². The number of anilines is 2. The first kappa shape index (κ1) is 16.5. The Hall–Kier alpha value is -2.65. The number of rotatable bonds is 4. The van der Waals surface area contributed by atoms with Crippen molar-refractivity contribution in [2.24, 2.45) is 0 Å². The van der Waals surface area contributed by atoms with Crippen molar-refractivity contribution in [1.82, 2.24) is 24.6 Å². The Bertz CT molecular complexity index is 1140. The number of halogens is 1. The molecular weight excluding hydrogens is 386 g/mol. The molecule has 1 saturated heterocycles. The molecule has 27 heavy (non-hydrogen) atoms. The van der Waals surface area contributed by atoms with Crippen LogP contribution in [0.3, 0.4) is 0 Å². The van der Waals surface area contributed by atoms with Crippen molar-refractivity contribution in [3.63, 3.8) is 0 Å². The van der Waals surface area contributed by atoms with Crippen molar-refractivity contribution in [2.45, 2.75) is 6.04 Å². The third kappa shape index (κ3) is 2.57. The van der Waals surface area contributed by atoms with E-state index in [0.717, 1.165) is 45.7 Å².